The average Bonchev–Trinajstić information content (AvgIpc) is 3.23. The number of aromatic nitrogens is 4. The minimum atomic E-state index is -3.67. The van der Waals surface area contributed by atoms with Crippen LogP contribution >= 0.6 is 0 Å². The second-order valence-corrected chi connectivity index (χ2v) is 8.86. The molecule has 31 heavy (non-hydrogen) atoms. The van der Waals surface area contributed by atoms with Gasteiger partial charge < -0.3 is 5.32 Å². The zero-order chi connectivity index (χ0) is 22.0. The van der Waals surface area contributed by atoms with Gasteiger partial charge in [-0.05, 0) is 56.7 Å². The van der Waals surface area contributed by atoms with Crippen molar-refractivity contribution >= 4 is 27.2 Å². The van der Waals surface area contributed by atoms with E-state index in [1.807, 2.05) is 32.2 Å². The van der Waals surface area contributed by atoms with E-state index in [-0.39, 0.29) is 4.90 Å². The molecule has 0 amide bonds. The van der Waals surface area contributed by atoms with Crippen LogP contribution in [0.15, 0.2) is 72.1 Å². The molecule has 0 atom stereocenters. The highest BCUT2D eigenvalue weighted by Gasteiger charge is 2.17. The second kappa shape index (κ2) is 8.19. The minimum absolute atomic E-state index is 0.267. The van der Waals surface area contributed by atoms with Crippen molar-refractivity contribution in [2.75, 3.05) is 10.0 Å². The molecule has 0 radical (unpaired) electrons. The number of aryl methyl sites for hydroxylation is 3. The smallest absolute Gasteiger partial charge is 0.262 e. The summed E-state index contributed by atoms with van der Waals surface area (Å²) < 4.78 is 29.9. The van der Waals surface area contributed by atoms with E-state index in [1.54, 1.807) is 60.4 Å². The molecule has 0 fully saturated rings. The molecule has 2 heterocycles. The molecule has 0 aliphatic carbocycles. The van der Waals surface area contributed by atoms with Gasteiger partial charge in [-0.1, -0.05) is 17.7 Å². The number of hydrogen-bond donors (Lipinski definition) is 2. The first-order valence-corrected chi connectivity index (χ1v) is 11.1. The molecule has 0 saturated carbocycles. The van der Waals surface area contributed by atoms with Crippen LogP contribution in [-0.2, 0) is 10.0 Å². The Hall–Kier alpha value is -3.72. The zero-order valence-electron chi connectivity index (χ0n) is 17.4. The summed E-state index contributed by atoms with van der Waals surface area (Å²) in [5.74, 6) is 1.94. The second-order valence-electron chi connectivity index (χ2n) is 7.21. The Morgan fingerprint density at radius 3 is 2.32 bits per heavy atom. The van der Waals surface area contributed by atoms with Crippen LogP contribution in [0.1, 0.15) is 17.0 Å². The first kappa shape index (κ1) is 20.5. The molecular weight excluding hydrogens is 412 g/mol. The molecule has 0 unspecified atom stereocenters. The van der Waals surface area contributed by atoms with Crippen molar-refractivity contribution in [3.8, 4) is 5.82 Å². The van der Waals surface area contributed by atoms with Crippen LogP contribution in [0.5, 0.6) is 0 Å². The quantitative estimate of drug-likeness (QED) is 0.473. The molecule has 0 saturated heterocycles. The van der Waals surface area contributed by atoms with Gasteiger partial charge in [0.2, 0.25) is 0 Å². The van der Waals surface area contributed by atoms with Crippen molar-refractivity contribution in [3.05, 3.63) is 84.2 Å². The minimum Gasteiger partial charge on any atom is -0.340 e. The lowest BCUT2D eigenvalue weighted by Gasteiger charge is -2.12. The molecule has 2 N–H and O–H groups in total. The summed E-state index contributed by atoms with van der Waals surface area (Å²) in [5, 5.41) is 3.22. The Labute approximate surface area is 181 Å². The lowest BCUT2D eigenvalue weighted by atomic mass is 10.2. The lowest BCUT2D eigenvalue weighted by Crippen LogP contribution is -2.14. The van der Waals surface area contributed by atoms with E-state index in [9.17, 15) is 8.42 Å². The highest BCUT2D eigenvalue weighted by Crippen LogP contribution is 2.23. The fourth-order valence-electron chi connectivity index (χ4n) is 3.22. The third kappa shape index (κ3) is 4.72. The van der Waals surface area contributed by atoms with E-state index in [0.29, 0.717) is 28.7 Å². The maximum Gasteiger partial charge on any atom is 0.262 e. The summed E-state index contributed by atoms with van der Waals surface area (Å²) in [6.45, 7) is 5.53. The van der Waals surface area contributed by atoms with Gasteiger partial charge in [0.25, 0.3) is 10.0 Å². The van der Waals surface area contributed by atoms with Crippen molar-refractivity contribution < 1.29 is 8.42 Å². The summed E-state index contributed by atoms with van der Waals surface area (Å²) >= 11 is 0. The van der Waals surface area contributed by atoms with Crippen molar-refractivity contribution in [3.63, 3.8) is 0 Å². The van der Waals surface area contributed by atoms with Gasteiger partial charge in [0.05, 0.1) is 4.90 Å². The van der Waals surface area contributed by atoms with Gasteiger partial charge >= 0.3 is 0 Å². The third-order valence-corrected chi connectivity index (χ3v) is 6.16. The third-order valence-electron chi connectivity index (χ3n) is 4.62. The van der Waals surface area contributed by atoms with Crippen LogP contribution in [0.4, 0.5) is 17.2 Å². The maximum atomic E-state index is 12.7. The standard InChI is InChI=1S/C22H22N6O2S/c1-15-4-9-20(16(2)12-15)31(29,30)27-19-7-5-18(6-8-19)26-21-13-22(25-17(3)24-21)28-11-10-23-14-28/h4-14,27H,1-3H3,(H,24,25,26). The zero-order valence-corrected chi connectivity index (χ0v) is 18.2. The van der Waals surface area contributed by atoms with Gasteiger partial charge in [-0.2, -0.15) is 0 Å². The van der Waals surface area contributed by atoms with Crippen molar-refractivity contribution in [2.24, 2.45) is 0 Å². The van der Waals surface area contributed by atoms with Gasteiger partial charge in [0.15, 0.2) is 0 Å². The van der Waals surface area contributed by atoms with Crippen LogP contribution in [-0.4, -0.2) is 27.9 Å². The normalized spacial score (nSPS) is 11.3. The molecule has 8 nitrogen and oxygen atoms in total. The summed E-state index contributed by atoms with van der Waals surface area (Å²) in [4.78, 5) is 13.1. The monoisotopic (exact) mass is 434 g/mol. The van der Waals surface area contributed by atoms with Gasteiger partial charge in [-0.25, -0.2) is 23.4 Å². The van der Waals surface area contributed by atoms with Gasteiger partial charge in [0, 0.05) is 29.8 Å². The van der Waals surface area contributed by atoms with Crippen LogP contribution in [0.3, 0.4) is 0 Å². The van der Waals surface area contributed by atoms with E-state index in [0.717, 1.165) is 11.3 Å². The van der Waals surface area contributed by atoms with Crippen LogP contribution in [0.25, 0.3) is 5.82 Å². The molecule has 4 aromatic rings. The molecule has 2 aromatic carbocycles. The van der Waals surface area contributed by atoms with Gasteiger partial charge in [-0.15, -0.1) is 0 Å². The average molecular weight is 435 g/mol. The fourth-order valence-corrected chi connectivity index (χ4v) is 4.51. The molecule has 2 aromatic heterocycles. The number of benzene rings is 2. The Kier molecular flexibility index (Phi) is 5.43. The first-order valence-electron chi connectivity index (χ1n) is 9.61. The van der Waals surface area contributed by atoms with E-state index < -0.39 is 10.0 Å². The summed E-state index contributed by atoms with van der Waals surface area (Å²) in [6.07, 6.45) is 5.16. The van der Waals surface area contributed by atoms with Crippen molar-refractivity contribution in [2.45, 2.75) is 25.7 Å². The number of nitrogens with one attached hydrogen (secondary N) is 2. The molecule has 0 spiro atoms. The highest BCUT2D eigenvalue weighted by atomic mass is 32.2. The molecule has 0 aliphatic rings. The van der Waals surface area contributed by atoms with Crippen LogP contribution in [0.2, 0.25) is 0 Å². The molecule has 0 aliphatic heterocycles. The van der Waals surface area contributed by atoms with Gasteiger partial charge in [0.1, 0.15) is 23.8 Å². The number of nitrogens with zero attached hydrogens (tertiary/aromatic N) is 4. The number of hydrogen-bond acceptors (Lipinski definition) is 6. The van der Waals surface area contributed by atoms with E-state index in [4.69, 9.17) is 0 Å². The van der Waals surface area contributed by atoms with Crippen molar-refractivity contribution in [1.82, 2.24) is 19.5 Å². The Morgan fingerprint density at radius 2 is 1.65 bits per heavy atom. The SMILES string of the molecule is Cc1ccc(S(=O)(=O)Nc2ccc(Nc3cc(-n4ccnc4)nc(C)n3)cc2)c(C)c1. The molecule has 0 bridgehead atoms. The highest BCUT2D eigenvalue weighted by molar-refractivity contribution is 7.92. The number of sulfonamides is 1. The largest absolute Gasteiger partial charge is 0.340 e. The topological polar surface area (TPSA) is 102 Å². The van der Waals surface area contributed by atoms with E-state index >= 15 is 0 Å². The Morgan fingerprint density at radius 1 is 0.903 bits per heavy atom. The molecule has 9 heteroatoms. The number of rotatable bonds is 6. The summed E-state index contributed by atoms with van der Waals surface area (Å²) in [5.41, 5.74) is 2.97. The Balaban J connectivity index is 1.51. The van der Waals surface area contributed by atoms with Crippen LogP contribution in [0, 0.1) is 20.8 Å². The molecular formula is C22H22N6O2S. The molecule has 4 rings (SSSR count). The predicted molar refractivity (Wildman–Crippen MR) is 120 cm³/mol. The predicted octanol–water partition coefficient (Wildman–Crippen LogP) is 4.13. The number of imidazole rings is 1. The summed E-state index contributed by atoms with van der Waals surface area (Å²) in [7, 11) is -3.67. The maximum absolute atomic E-state index is 12.7. The number of anilines is 3. The fraction of sp³-hybridized carbons (Fsp3) is 0.136. The van der Waals surface area contributed by atoms with Crippen LogP contribution < -0.4 is 10.0 Å². The van der Waals surface area contributed by atoms with E-state index in [2.05, 4.69) is 25.0 Å². The Bertz CT molecular complexity index is 1320. The summed E-state index contributed by atoms with van der Waals surface area (Å²) in [6, 6.07) is 14.0. The molecule has 158 valence electrons. The van der Waals surface area contributed by atoms with Gasteiger partial charge in [-0.3, -0.25) is 9.29 Å². The lowest BCUT2D eigenvalue weighted by molar-refractivity contribution is 0.600. The van der Waals surface area contributed by atoms with Crippen molar-refractivity contribution in [1.29, 1.82) is 0 Å². The first-order chi connectivity index (χ1) is 14.8. The van der Waals surface area contributed by atoms with E-state index in [1.165, 1.54) is 0 Å².